The zero-order chi connectivity index (χ0) is 28.4. The van der Waals surface area contributed by atoms with Crippen LogP contribution in [0.4, 0.5) is 5.13 Å². The second-order valence-electron chi connectivity index (χ2n) is 8.17. The summed E-state index contributed by atoms with van der Waals surface area (Å²) in [5, 5.41) is 17.5. The molecule has 1 aliphatic carbocycles. The van der Waals surface area contributed by atoms with Gasteiger partial charge in [-0.3, -0.25) is 14.1 Å². The zero-order valence-electron chi connectivity index (χ0n) is 19.4. The first-order valence-corrected chi connectivity index (χ1v) is 12.8. The van der Waals surface area contributed by atoms with Gasteiger partial charge in [-0.05, 0) is 0 Å². The third-order valence-corrected chi connectivity index (χ3v) is 6.89. The minimum atomic E-state index is -5.03. The molecule has 1 saturated heterocycles. The molecule has 0 spiro atoms. The van der Waals surface area contributed by atoms with Crippen LogP contribution in [0.1, 0.15) is 18.5 Å². The van der Waals surface area contributed by atoms with Crippen molar-refractivity contribution in [2.24, 2.45) is 33.2 Å². The average Bonchev–Trinajstić information content (AvgIpc) is 3.48. The first-order valence-electron chi connectivity index (χ1n) is 10.5. The minimum absolute atomic E-state index is 0.0545. The van der Waals surface area contributed by atoms with E-state index in [4.69, 9.17) is 33.6 Å². The van der Waals surface area contributed by atoms with Crippen molar-refractivity contribution in [1.82, 2.24) is 19.6 Å². The Bertz CT molecular complexity index is 1320. The quantitative estimate of drug-likeness (QED) is 0.0292. The van der Waals surface area contributed by atoms with Gasteiger partial charge in [0.05, 0.1) is 19.1 Å². The number of nitrogen functional groups attached to an aromatic ring is 1. The number of thiazole rings is 1. The van der Waals surface area contributed by atoms with Gasteiger partial charge in [0.2, 0.25) is 5.60 Å². The second kappa shape index (κ2) is 10.6. The molecule has 2 unspecified atom stereocenters. The van der Waals surface area contributed by atoms with Crippen LogP contribution in [0, 0.1) is 0 Å². The highest BCUT2D eigenvalue weighted by Gasteiger charge is 2.56. The Hall–Kier alpha value is -4.21. The van der Waals surface area contributed by atoms with Crippen LogP contribution in [-0.4, -0.2) is 92.6 Å². The van der Waals surface area contributed by atoms with Gasteiger partial charge in [0.1, 0.15) is 11.7 Å². The fourth-order valence-corrected chi connectivity index (χ4v) is 4.67. The van der Waals surface area contributed by atoms with E-state index in [1.165, 1.54) is 5.38 Å². The van der Waals surface area contributed by atoms with Gasteiger partial charge in [-0.2, -0.15) is 8.42 Å². The Labute approximate surface area is 218 Å². The van der Waals surface area contributed by atoms with Crippen LogP contribution in [0.5, 0.6) is 0 Å². The number of oxime groups is 1. The SMILES string of the molecule is NC(N)=NC/C(N)=C/N(N)CC1C(NC(=O)/C(=N\OC2(C(=O)O)CC2)c2csc(N)n2)C(=O)N1S(=O)(=O)O. The largest absolute Gasteiger partial charge is 0.478 e. The van der Waals surface area contributed by atoms with Crippen LogP contribution in [0.3, 0.4) is 0 Å². The molecule has 13 N–H and O–H groups in total. The van der Waals surface area contributed by atoms with Crippen molar-refractivity contribution in [3.8, 4) is 0 Å². The number of hydrogen-bond donors (Lipinski definition) is 8. The predicted molar refractivity (Wildman–Crippen MR) is 132 cm³/mol. The fraction of sp³-hybridized carbons (Fsp3) is 0.412. The number of aliphatic carboxylic acids is 1. The molecule has 1 saturated carbocycles. The molecular formula is C17H25N11O8S2. The predicted octanol–water partition coefficient (Wildman–Crippen LogP) is -4.19. The Morgan fingerprint density at radius 3 is 2.53 bits per heavy atom. The summed E-state index contributed by atoms with van der Waals surface area (Å²) in [6.07, 6.45) is 1.45. The number of aromatic nitrogens is 1. The number of guanidine groups is 1. The smallest absolute Gasteiger partial charge is 0.362 e. The highest BCUT2D eigenvalue weighted by molar-refractivity contribution is 7.84. The maximum atomic E-state index is 13.1. The maximum absolute atomic E-state index is 13.1. The van der Waals surface area contributed by atoms with Gasteiger partial charge < -0.3 is 43.2 Å². The number of amides is 2. The lowest BCUT2D eigenvalue weighted by Crippen LogP contribution is -2.74. The summed E-state index contributed by atoms with van der Waals surface area (Å²) in [4.78, 5) is 49.7. The van der Waals surface area contributed by atoms with Crippen LogP contribution >= 0.6 is 11.3 Å². The number of carboxylic acid groups (broad SMARTS) is 1. The van der Waals surface area contributed by atoms with Gasteiger partial charge in [-0.25, -0.2) is 24.9 Å². The monoisotopic (exact) mass is 575 g/mol. The number of carbonyl (C=O) groups excluding carboxylic acids is 2. The number of nitrogens with one attached hydrogen (secondary N) is 1. The van der Waals surface area contributed by atoms with Gasteiger partial charge >= 0.3 is 16.3 Å². The molecule has 38 heavy (non-hydrogen) atoms. The summed E-state index contributed by atoms with van der Waals surface area (Å²) in [5.74, 6) is 2.06. The lowest BCUT2D eigenvalue weighted by molar-refractivity contribution is -0.153. The number of carboxylic acids is 1. The van der Waals surface area contributed by atoms with E-state index in [0.717, 1.165) is 22.5 Å². The standard InChI is InChI=1S/C17H25N11O8S2/c18-7(3-23-15(19)20)4-27(22)5-9-11(13(30)28(9)38(33,34)35)25-12(29)10(8-6-37-16(21)24-8)26-36-17(1-2-17)14(31)32/h4,6,9,11H,1-3,5,18,22H2,(H2,21,24)(H,25,29)(H,31,32)(H4,19,20,23)(H,33,34,35)/b7-4-,26-10-. The topological polar surface area (TPSA) is 321 Å². The van der Waals surface area contributed by atoms with E-state index in [9.17, 15) is 32.5 Å². The lowest BCUT2D eigenvalue weighted by Gasteiger charge is -2.45. The molecule has 2 heterocycles. The first-order chi connectivity index (χ1) is 17.6. The van der Waals surface area contributed by atoms with Crippen molar-refractivity contribution in [1.29, 1.82) is 0 Å². The van der Waals surface area contributed by atoms with Gasteiger partial charge in [-0.1, -0.05) is 5.16 Å². The number of β-lactam (4-membered cyclic amide) rings is 1. The van der Waals surface area contributed by atoms with E-state index in [0.29, 0.717) is 0 Å². The number of nitrogens with zero attached hydrogens (tertiary/aromatic N) is 5. The summed E-state index contributed by atoms with van der Waals surface area (Å²) in [6, 6.07) is -2.91. The van der Waals surface area contributed by atoms with E-state index < -0.39 is 58.0 Å². The molecule has 2 fully saturated rings. The van der Waals surface area contributed by atoms with Gasteiger partial charge in [0.25, 0.3) is 11.8 Å². The molecule has 0 aromatic carbocycles. The van der Waals surface area contributed by atoms with Crippen LogP contribution in [0.25, 0.3) is 0 Å². The van der Waals surface area contributed by atoms with Crippen molar-refractivity contribution in [2.45, 2.75) is 30.5 Å². The molecule has 3 rings (SSSR count). The molecule has 0 radical (unpaired) electrons. The molecule has 208 valence electrons. The van der Waals surface area contributed by atoms with Crippen molar-refractivity contribution >= 4 is 56.2 Å². The highest BCUT2D eigenvalue weighted by Crippen LogP contribution is 2.40. The normalized spacial score (nSPS) is 20.8. The molecule has 2 amide bonds. The summed E-state index contributed by atoms with van der Waals surface area (Å²) in [5.41, 5.74) is 19.6. The Morgan fingerprint density at radius 2 is 2.03 bits per heavy atom. The summed E-state index contributed by atoms with van der Waals surface area (Å²) < 4.78 is 33.2. The fourth-order valence-electron chi connectivity index (χ4n) is 3.25. The molecular weight excluding hydrogens is 550 g/mol. The molecule has 1 aromatic rings. The molecule has 1 aliphatic heterocycles. The van der Waals surface area contributed by atoms with E-state index in [1.54, 1.807) is 0 Å². The molecule has 1 aromatic heterocycles. The third kappa shape index (κ3) is 6.37. The maximum Gasteiger partial charge on any atom is 0.362 e. The van der Waals surface area contributed by atoms with Crippen molar-refractivity contribution < 1.29 is 37.3 Å². The Kier molecular flexibility index (Phi) is 7.95. The Morgan fingerprint density at radius 1 is 1.37 bits per heavy atom. The van der Waals surface area contributed by atoms with Gasteiger partial charge in [0, 0.05) is 30.1 Å². The van der Waals surface area contributed by atoms with E-state index in [2.05, 4.69) is 20.4 Å². The third-order valence-electron chi connectivity index (χ3n) is 5.26. The number of hydrazine groups is 1. The minimum Gasteiger partial charge on any atom is -0.478 e. The number of carbonyl (C=O) groups is 3. The molecule has 0 bridgehead atoms. The number of aliphatic imine (C=N–C) groups is 1. The van der Waals surface area contributed by atoms with Gasteiger partial charge in [0.15, 0.2) is 16.8 Å². The lowest BCUT2D eigenvalue weighted by atomic mass is 9.98. The molecule has 19 nitrogen and oxygen atoms in total. The second-order valence-corrected chi connectivity index (χ2v) is 10.4. The van der Waals surface area contributed by atoms with Crippen LogP contribution < -0.4 is 34.1 Å². The molecule has 2 aliphatic rings. The summed E-state index contributed by atoms with van der Waals surface area (Å²) >= 11 is 0.949. The highest BCUT2D eigenvalue weighted by atomic mass is 32.2. The van der Waals surface area contributed by atoms with Crippen LogP contribution in [0.2, 0.25) is 0 Å². The molecule has 21 heteroatoms. The van der Waals surface area contributed by atoms with Gasteiger partial charge in [-0.15, -0.1) is 11.3 Å². The van der Waals surface area contributed by atoms with Crippen molar-refractivity contribution in [2.75, 3.05) is 18.8 Å². The number of rotatable bonds is 12. The number of anilines is 1. The first kappa shape index (κ1) is 28.4. The van der Waals surface area contributed by atoms with E-state index >= 15 is 0 Å². The van der Waals surface area contributed by atoms with Crippen molar-refractivity contribution in [3.05, 3.63) is 23.0 Å². The van der Waals surface area contributed by atoms with E-state index in [-0.39, 0.29) is 46.2 Å². The summed E-state index contributed by atoms with van der Waals surface area (Å²) in [7, 11) is -5.03. The number of hydrogen-bond acceptors (Lipinski definition) is 14. The van der Waals surface area contributed by atoms with E-state index in [1.807, 2.05) is 0 Å². The Balaban J connectivity index is 1.83. The average molecular weight is 576 g/mol. The van der Waals surface area contributed by atoms with Crippen molar-refractivity contribution in [3.63, 3.8) is 0 Å². The van der Waals surface area contributed by atoms with Crippen LogP contribution in [-0.2, 0) is 29.5 Å². The molecule has 2 atom stereocenters. The zero-order valence-corrected chi connectivity index (χ0v) is 21.1. The van der Waals surface area contributed by atoms with Crippen LogP contribution in [0.15, 0.2) is 27.4 Å². The summed E-state index contributed by atoms with van der Waals surface area (Å²) in [6.45, 7) is -0.579. The number of nitrogens with two attached hydrogens (primary N) is 5.